The van der Waals surface area contributed by atoms with E-state index in [9.17, 15) is 13.2 Å². The van der Waals surface area contributed by atoms with Crippen molar-refractivity contribution in [2.75, 3.05) is 13.2 Å². The molecule has 5 atom stereocenters. The average Bonchev–Trinajstić information content (AvgIpc) is 2.99. The molecule has 1 amide bonds. The number of nitrogens with two attached hydrogens (primary N) is 1. The number of fused-ring (bicyclic) bond motifs is 3. The van der Waals surface area contributed by atoms with Crippen LogP contribution >= 0.6 is 0 Å². The largest absolute Gasteiger partial charge is 0.444 e. The van der Waals surface area contributed by atoms with E-state index in [0.717, 1.165) is 0 Å². The quantitative estimate of drug-likeness (QED) is 0.648. The molecule has 0 aliphatic carbocycles. The van der Waals surface area contributed by atoms with E-state index >= 15 is 0 Å². The Labute approximate surface area is 165 Å². The summed E-state index contributed by atoms with van der Waals surface area (Å²) in [4.78, 5) is 11.9. The van der Waals surface area contributed by atoms with Crippen LogP contribution in [-0.2, 0) is 53.1 Å². The molecule has 3 aliphatic rings. The lowest BCUT2D eigenvalue weighted by molar-refractivity contribution is -0.290. The molecule has 12 nitrogen and oxygen atoms in total. The number of hydrogen-bond donors (Lipinski definition) is 1. The lowest BCUT2D eigenvalue weighted by Crippen LogP contribution is -2.60. The highest BCUT2D eigenvalue weighted by Crippen LogP contribution is 2.46. The van der Waals surface area contributed by atoms with Crippen molar-refractivity contribution in [3.63, 3.8) is 0 Å². The van der Waals surface area contributed by atoms with Crippen molar-refractivity contribution in [3.05, 3.63) is 0 Å². The van der Waals surface area contributed by atoms with Gasteiger partial charge in [0.25, 0.3) is 0 Å². The smallest absolute Gasteiger partial charge is 0.442 e. The van der Waals surface area contributed by atoms with Crippen molar-refractivity contribution in [1.29, 1.82) is 0 Å². The molecule has 0 aromatic carbocycles. The van der Waals surface area contributed by atoms with Crippen LogP contribution in [0, 0.1) is 0 Å². The second-order valence-corrected chi connectivity index (χ2v) is 10.1. The van der Waals surface area contributed by atoms with Gasteiger partial charge in [0.15, 0.2) is 17.0 Å². The maximum atomic E-state index is 11.9. The Balaban J connectivity index is 1.78. The number of rotatable bonds is 3. The van der Waals surface area contributed by atoms with Crippen molar-refractivity contribution in [1.82, 2.24) is 0 Å². The van der Waals surface area contributed by atoms with Gasteiger partial charge in [0.1, 0.15) is 30.5 Å². The van der Waals surface area contributed by atoms with Crippen LogP contribution in [0.3, 0.4) is 0 Å². The van der Waals surface area contributed by atoms with Crippen molar-refractivity contribution in [3.8, 4) is 0 Å². The van der Waals surface area contributed by atoms with Gasteiger partial charge in [-0.25, -0.2) is 9.93 Å². The van der Waals surface area contributed by atoms with Gasteiger partial charge in [0, 0.05) is 0 Å². The summed E-state index contributed by atoms with van der Waals surface area (Å²) < 4.78 is 64.7. The summed E-state index contributed by atoms with van der Waals surface area (Å²) in [6.07, 6.45) is -3.09. The molecule has 0 bridgehead atoms. The molecular weight excluding hydrogens is 420 g/mol. The summed E-state index contributed by atoms with van der Waals surface area (Å²) in [7, 11) is -4.24. The topological polar surface area (TPSA) is 154 Å². The maximum absolute atomic E-state index is 11.9. The lowest BCUT2D eigenvalue weighted by Gasteiger charge is -2.39. The Morgan fingerprint density at radius 1 is 1.32 bits per heavy atom. The minimum atomic E-state index is -4.24. The van der Waals surface area contributed by atoms with E-state index in [-0.39, 0.29) is 6.61 Å². The van der Waals surface area contributed by atoms with Crippen LogP contribution in [0.1, 0.15) is 34.6 Å². The monoisotopic (exact) mass is 444 g/mol. The molecule has 3 aliphatic heterocycles. The summed E-state index contributed by atoms with van der Waals surface area (Å²) in [5, 5.41) is 4.91. The van der Waals surface area contributed by atoms with Crippen LogP contribution in [0.4, 0.5) is 4.79 Å². The van der Waals surface area contributed by atoms with E-state index in [1.807, 2.05) is 0 Å². The van der Waals surface area contributed by atoms with Crippen molar-refractivity contribution in [2.45, 2.75) is 70.1 Å². The highest BCUT2D eigenvalue weighted by Gasteiger charge is 2.65. The second-order valence-electron chi connectivity index (χ2n) is 7.90. The van der Waals surface area contributed by atoms with E-state index in [0.29, 0.717) is 0 Å². The number of carbonyl (C=O) groups is 1. The van der Waals surface area contributed by atoms with Crippen LogP contribution in [0.5, 0.6) is 0 Å². The van der Waals surface area contributed by atoms with E-state index in [1.54, 1.807) is 34.6 Å². The molecule has 3 heterocycles. The van der Waals surface area contributed by atoms with Gasteiger partial charge in [-0.3, -0.25) is 12.5 Å². The third kappa shape index (κ3) is 5.06. The summed E-state index contributed by atoms with van der Waals surface area (Å²) in [5.74, 6) is -2.69. The highest BCUT2D eigenvalue weighted by molar-refractivity contribution is 7.84. The first-order valence-electron chi connectivity index (χ1n) is 8.41. The highest BCUT2D eigenvalue weighted by atomic mass is 32.2. The molecule has 14 heteroatoms. The summed E-state index contributed by atoms with van der Waals surface area (Å²) in [6, 6.07) is 0. The van der Waals surface area contributed by atoms with Gasteiger partial charge in [-0.1, -0.05) is 4.36 Å². The third-order valence-electron chi connectivity index (χ3n) is 3.79. The molecule has 0 spiro atoms. The van der Waals surface area contributed by atoms with Gasteiger partial charge in [-0.2, -0.15) is 8.42 Å². The van der Waals surface area contributed by atoms with E-state index in [1.165, 1.54) is 0 Å². The summed E-state index contributed by atoms with van der Waals surface area (Å²) >= 11 is -1.53. The first-order chi connectivity index (χ1) is 12.7. The first kappa shape index (κ1) is 22.0. The van der Waals surface area contributed by atoms with Gasteiger partial charge >= 0.3 is 16.4 Å². The van der Waals surface area contributed by atoms with Crippen LogP contribution in [0.25, 0.3) is 0 Å². The zero-order valence-corrected chi connectivity index (χ0v) is 17.7. The summed E-state index contributed by atoms with van der Waals surface area (Å²) in [5.41, 5.74) is -0.716. The molecule has 0 aromatic rings. The van der Waals surface area contributed by atoms with Crippen molar-refractivity contribution in [2.24, 2.45) is 9.50 Å². The standard InChI is InChI=1S/C14H24N2O10S2/c1-12(2,3)23-11(17)16-27-24-8-6-20-14(7-21-28(15,18)19)10(9(8)25-27)22-13(4,5)26-14/h8-10H,6-7H2,1-5H3,(H2,15,18,19)/t8-,9-,10+,14+,27?/m1/s1. The Bertz CT molecular complexity index is 777. The number of carbonyl (C=O) groups excluding carboxylic acids is 1. The Morgan fingerprint density at radius 2 is 2.00 bits per heavy atom. The number of nitrogens with zero attached hydrogens (tertiary/aromatic N) is 1. The van der Waals surface area contributed by atoms with Gasteiger partial charge in [0.05, 0.1) is 6.61 Å². The molecule has 28 heavy (non-hydrogen) atoms. The molecule has 0 saturated carbocycles. The minimum absolute atomic E-state index is 0.0259. The molecular formula is C14H24N2O10S2. The zero-order valence-electron chi connectivity index (χ0n) is 16.1. The van der Waals surface area contributed by atoms with Crippen LogP contribution < -0.4 is 5.14 Å². The van der Waals surface area contributed by atoms with Gasteiger partial charge in [0.2, 0.25) is 5.79 Å². The molecule has 0 aromatic heterocycles. The molecule has 3 fully saturated rings. The van der Waals surface area contributed by atoms with E-state index < -0.39 is 69.7 Å². The van der Waals surface area contributed by atoms with E-state index in [4.69, 9.17) is 32.5 Å². The molecule has 3 saturated heterocycles. The normalized spacial score (nSPS) is 37.5. The second kappa shape index (κ2) is 7.21. The van der Waals surface area contributed by atoms with Crippen LogP contribution in [0.15, 0.2) is 4.36 Å². The summed E-state index contributed by atoms with van der Waals surface area (Å²) in [6.45, 7) is 7.81. The molecule has 2 N–H and O–H groups in total. The Kier molecular flexibility index (Phi) is 5.66. The number of hydrogen-bond acceptors (Lipinski definition) is 10. The van der Waals surface area contributed by atoms with Gasteiger partial charge < -0.3 is 18.9 Å². The first-order valence-corrected chi connectivity index (χ1v) is 10.9. The molecule has 3 rings (SSSR count). The predicted octanol–water partition coefficient (Wildman–Crippen LogP) is 0.436. The van der Waals surface area contributed by atoms with Crippen LogP contribution in [-0.4, -0.2) is 63.2 Å². The fraction of sp³-hybridized carbons (Fsp3) is 0.929. The molecule has 0 radical (unpaired) electrons. The molecule has 162 valence electrons. The Morgan fingerprint density at radius 3 is 2.61 bits per heavy atom. The predicted molar refractivity (Wildman–Crippen MR) is 93.6 cm³/mol. The molecule has 1 unspecified atom stereocenters. The minimum Gasteiger partial charge on any atom is -0.442 e. The third-order valence-corrected chi connectivity index (χ3v) is 5.33. The zero-order chi connectivity index (χ0) is 21.0. The van der Waals surface area contributed by atoms with E-state index in [2.05, 4.69) is 8.55 Å². The SMILES string of the molecule is CC(C)(C)OC(=O)N=S1O[C@@H]2[C@@H](CO[C@@]3(COS(N)(=O)=O)OC(C)(C)O[C@@H]23)O1. The number of ether oxygens (including phenoxy) is 4. The van der Waals surface area contributed by atoms with Crippen LogP contribution in [0.2, 0.25) is 0 Å². The fourth-order valence-corrected chi connectivity index (χ4v) is 4.37. The number of amides is 1. The fourth-order valence-electron chi connectivity index (χ4n) is 2.96. The lowest BCUT2D eigenvalue weighted by atomic mass is 9.98. The van der Waals surface area contributed by atoms with Gasteiger partial charge in [-0.05, 0) is 34.6 Å². The van der Waals surface area contributed by atoms with Crippen molar-refractivity contribution < 1.29 is 44.7 Å². The maximum Gasteiger partial charge on any atom is 0.444 e. The average molecular weight is 444 g/mol. The van der Waals surface area contributed by atoms with Crippen molar-refractivity contribution >= 4 is 27.7 Å². The Hall–Kier alpha value is -0.710. The van der Waals surface area contributed by atoms with Gasteiger partial charge in [-0.15, -0.1) is 0 Å².